The molecule has 2 aromatic rings. The predicted molar refractivity (Wildman–Crippen MR) is 111 cm³/mol. The first-order chi connectivity index (χ1) is 12.8. The summed E-state index contributed by atoms with van der Waals surface area (Å²) in [6.45, 7) is 7.34. The van der Waals surface area contributed by atoms with Gasteiger partial charge in [-0.25, -0.2) is 0 Å². The van der Waals surface area contributed by atoms with Gasteiger partial charge in [-0.15, -0.1) is 0 Å². The van der Waals surface area contributed by atoms with Gasteiger partial charge in [-0.3, -0.25) is 0 Å². The Morgan fingerprint density at radius 3 is 2.31 bits per heavy atom. The fourth-order valence-corrected chi connectivity index (χ4v) is 2.69. The quantitative estimate of drug-likeness (QED) is 0.461. The minimum atomic E-state index is 0.671. The molecule has 0 amide bonds. The number of anilines is 2. The number of benzene rings is 2. The Bertz CT molecular complexity index is 614. The van der Waals surface area contributed by atoms with Crippen LogP contribution in [0.15, 0.2) is 48.5 Å². The van der Waals surface area contributed by atoms with Gasteiger partial charge in [0.2, 0.25) is 0 Å². The van der Waals surface area contributed by atoms with E-state index in [4.69, 9.17) is 9.47 Å². The Hall–Kier alpha value is -2.36. The van der Waals surface area contributed by atoms with Gasteiger partial charge >= 0.3 is 0 Å². The first kappa shape index (κ1) is 20.0. The lowest BCUT2D eigenvalue weighted by atomic mass is 10.2. The van der Waals surface area contributed by atoms with E-state index in [9.17, 15) is 0 Å². The zero-order chi connectivity index (χ0) is 18.5. The minimum Gasteiger partial charge on any atom is -0.494 e. The standard InChI is InChI=1S/C22H32N2O2/c1-3-5-6-9-18-26-20-14-12-19(13-15-20)23-16-17-24-21-10-7-8-11-22(21)25-4-2/h7-8,10-15,23-24H,3-6,9,16-18H2,1-2H3. The van der Waals surface area contributed by atoms with Crippen molar-refractivity contribution in [3.63, 3.8) is 0 Å². The van der Waals surface area contributed by atoms with Gasteiger partial charge in [0.25, 0.3) is 0 Å². The minimum absolute atomic E-state index is 0.671. The summed E-state index contributed by atoms with van der Waals surface area (Å²) in [6, 6.07) is 16.2. The van der Waals surface area contributed by atoms with Crippen molar-refractivity contribution in [1.82, 2.24) is 0 Å². The molecule has 0 aliphatic heterocycles. The summed E-state index contributed by atoms with van der Waals surface area (Å²) in [5, 5.41) is 6.83. The molecule has 142 valence electrons. The third-order valence-corrected chi connectivity index (χ3v) is 4.08. The molecule has 0 fully saturated rings. The van der Waals surface area contributed by atoms with E-state index in [1.807, 2.05) is 43.3 Å². The van der Waals surface area contributed by atoms with E-state index in [1.165, 1.54) is 19.3 Å². The molecule has 0 aliphatic rings. The van der Waals surface area contributed by atoms with E-state index in [2.05, 4.69) is 29.7 Å². The van der Waals surface area contributed by atoms with Crippen LogP contribution in [0.4, 0.5) is 11.4 Å². The molecule has 0 radical (unpaired) electrons. The highest BCUT2D eigenvalue weighted by molar-refractivity contribution is 5.56. The molecule has 2 N–H and O–H groups in total. The van der Waals surface area contributed by atoms with Crippen molar-refractivity contribution < 1.29 is 9.47 Å². The van der Waals surface area contributed by atoms with Crippen LogP contribution in [0.25, 0.3) is 0 Å². The average molecular weight is 357 g/mol. The summed E-state index contributed by atoms with van der Waals surface area (Å²) in [5.41, 5.74) is 2.13. The van der Waals surface area contributed by atoms with Crippen molar-refractivity contribution in [3.05, 3.63) is 48.5 Å². The third-order valence-electron chi connectivity index (χ3n) is 4.08. The highest BCUT2D eigenvalue weighted by Crippen LogP contribution is 2.23. The van der Waals surface area contributed by atoms with E-state index < -0.39 is 0 Å². The Labute approximate surface area is 157 Å². The topological polar surface area (TPSA) is 42.5 Å². The maximum absolute atomic E-state index is 5.77. The number of hydrogen-bond acceptors (Lipinski definition) is 4. The van der Waals surface area contributed by atoms with Gasteiger partial charge in [0, 0.05) is 18.8 Å². The van der Waals surface area contributed by atoms with Crippen molar-refractivity contribution in [3.8, 4) is 11.5 Å². The molecule has 0 saturated carbocycles. The fourth-order valence-electron chi connectivity index (χ4n) is 2.69. The van der Waals surface area contributed by atoms with Crippen molar-refractivity contribution in [2.45, 2.75) is 39.5 Å². The molecule has 0 aliphatic carbocycles. The maximum atomic E-state index is 5.77. The van der Waals surface area contributed by atoms with Crippen LogP contribution in [0, 0.1) is 0 Å². The summed E-state index contributed by atoms with van der Waals surface area (Å²) in [4.78, 5) is 0. The van der Waals surface area contributed by atoms with E-state index in [1.54, 1.807) is 0 Å². The smallest absolute Gasteiger partial charge is 0.142 e. The molecule has 0 unspecified atom stereocenters. The van der Waals surface area contributed by atoms with E-state index in [-0.39, 0.29) is 0 Å². The summed E-state index contributed by atoms with van der Waals surface area (Å²) in [5.74, 6) is 1.84. The van der Waals surface area contributed by atoms with Crippen molar-refractivity contribution in [2.24, 2.45) is 0 Å². The second-order valence-electron chi connectivity index (χ2n) is 6.22. The van der Waals surface area contributed by atoms with Crippen LogP contribution in [0.5, 0.6) is 11.5 Å². The highest BCUT2D eigenvalue weighted by Gasteiger charge is 2.01. The van der Waals surface area contributed by atoms with E-state index >= 15 is 0 Å². The molecule has 26 heavy (non-hydrogen) atoms. The van der Waals surface area contributed by atoms with Gasteiger partial charge < -0.3 is 20.1 Å². The van der Waals surface area contributed by atoms with Gasteiger partial charge in [-0.2, -0.15) is 0 Å². The van der Waals surface area contributed by atoms with Crippen LogP contribution >= 0.6 is 0 Å². The van der Waals surface area contributed by atoms with Crippen LogP contribution in [-0.4, -0.2) is 26.3 Å². The monoisotopic (exact) mass is 356 g/mol. The molecular weight excluding hydrogens is 324 g/mol. The molecule has 0 spiro atoms. The predicted octanol–water partition coefficient (Wildman–Crippen LogP) is 5.57. The molecule has 0 saturated heterocycles. The second kappa shape index (κ2) is 12.1. The molecule has 0 atom stereocenters. The van der Waals surface area contributed by atoms with Gasteiger partial charge in [-0.1, -0.05) is 38.3 Å². The first-order valence-electron chi connectivity index (χ1n) is 9.76. The summed E-state index contributed by atoms with van der Waals surface area (Å²) >= 11 is 0. The van der Waals surface area contributed by atoms with Crippen LogP contribution < -0.4 is 20.1 Å². The van der Waals surface area contributed by atoms with Crippen LogP contribution in [0.2, 0.25) is 0 Å². The molecule has 0 aromatic heterocycles. The van der Waals surface area contributed by atoms with Crippen LogP contribution in [0.3, 0.4) is 0 Å². The zero-order valence-electron chi connectivity index (χ0n) is 16.1. The lowest BCUT2D eigenvalue weighted by molar-refractivity contribution is 0.305. The molecule has 0 heterocycles. The maximum Gasteiger partial charge on any atom is 0.142 e. The second-order valence-corrected chi connectivity index (χ2v) is 6.22. The number of nitrogens with one attached hydrogen (secondary N) is 2. The number of unbranched alkanes of at least 4 members (excludes halogenated alkanes) is 3. The van der Waals surface area contributed by atoms with Crippen molar-refractivity contribution in [1.29, 1.82) is 0 Å². The lowest BCUT2D eigenvalue weighted by Gasteiger charge is -2.13. The third kappa shape index (κ3) is 7.26. The fraction of sp³-hybridized carbons (Fsp3) is 0.455. The molecule has 0 bridgehead atoms. The summed E-state index contributed by atoms with van der Waals surface area (Å²) < 4.78 is 11.4. The Balaban J connectivity index is 1.67. The zero-order valence-corrected chi connectivity index (χ0v) is 16.1. The Morgan fingerprint density at radius 2 is 1.54 bits per heavy atom. The summed E-state index contributed by atoms with van der Waals surface area (Å²) in [7, 11) is 0. The van der Waals surface area contributed by atoms with Gasteiger partial charge in [0.05, 0.1) is 18.9 Å². The van der Waals surface area contributed by atoms with Gasteiger partial charge in [0.1, 0.15) is 11.5 Å². The molecule has 4 nitrogen and oxygen atoms in total. The van der Waals surface area contributed by atoms with Crippen LogP contribution in [0.1, 0.15) is 39.5 Å². The largest absolute Gasteiger partial charge is 0.494 e. The molecule has 4 heteroatoms. The number of ether oxygens (including phenoxy) is 2. The first-order valence-corrected chi connectivity index (χ1v) is 9.76. The van der Waals surface area contributed by atoms with Gasteiger partial charge in [0.15, 0.2) is 0 Å². The average Bonchev–Trinajstić information content (AvgIpc) is 2.67. The van der Waals surface area contributed by atoms with Crippen LogP contribution in [-0.2, 0) is 0 Å². The summed E-state index contributed by atoms with van der Waals surface area (Å²) in [6.07, 6.45) is 4.92. The highest BCUT2D eigenvalue weighted by atomic mass is 16.5. The van der Waals surface area contributed by atoms with Crippen molar-refractivity contribution >= 4 is 11.4 Å². The van der Waals surface area contributed by atoms with Gasteiger partial charge in [-0.05, 0) is 49.7 Å². The molecule has 2 aromatic carbocycles. The Kier molecular flexibility index (Phi) is 9.26. The number of hydrogen-bond donors (Lipinski definition) is 2. The lowest BCUT2D eigenvalue weighted by Crippen LogP contribution is -2.14. The normalized spacial score (nSPS) is 10.4. The van der Waals surface area contributed by atoms with E-state index in [0.29, 0.717) is 6.61 Å². The number of rotatable bonds is 13. The van der Waals surface area contributed by atoms with Crippen molar-refractivity contribution in [2.75, 3.05) is 36.9 Å². The SMILES string of the molecule is CCCCCCOc1ccc(NCCNc2ccccc2OCC)cc1. The Morgan fingerprint density at radius 1 is 0.769 bits per heavy atom. The molecule has 2 rings (SSSR count). The molecular formula is C22H32N2O2. The van der Waals surface area contributed by atoms with E-state index in [0.717, 1.165) is 49.0 Å². The number of para-hydroxylation sites is 2.